The third-order valence-corrected chi connectivity index (χ3v) is 3.10. The largest absolute Gasteiger partial charge is 0.494 e. The first-order valence-electron chi connectivity index (χ1n) is 6.61. The Labute approximate surface area is 128 Å². The van der Waals surface area contributed by atoms with E-state index < -0.39 is 5.97 Å². The molecule has 2 aromatic carbocycles. The monoisotopic (exact) mass is 305 g/mol. The van der Waals surface area contributed by atoms with Gasteiger partial charge < -0.3 is 15.2 Å². The van der Waals surface area contributed by atoms with Crippen molar-refractivity contribution < 1.29 is 14.6 Å². The highest BCUT2D eigenvalue weighted by molar-refractivity contribution is 6.31. The van der Waals surface area contributed by atoms with Crippen LogP contribution in [-0.4, -0.2) is 24.2 Å². The fourth-order valence-electron chi connectivity index (χ4n) is 1.85. The second-order valence-corrected chi connectivity index (χ2v) is 4.87. The molecule has 0 heterocycles. The van der Waals surface area contributed by atoms with E-state index in [1.165, 1.54) is 6.07 Å². The predicted octanol–water partition coefficient (Wildman–Crippen LogP) is 3.92. The van der Waals surface area contributed by atoms with Gasteiger partial charge in [0.05, 0.1) is 12.2 Å². The van der Waals surface area contributed by atoms with Crippen LogP contribution < -0.4 is 10.1 Å². The van der Waals surface area contributed by atoms with Gasteiger partial charge >= 0.3 is 5.97 Å². The number of halogens is 1. The molecule has 0 aliphatic rings. The summed E-state index contributed by atoms with van der Waals surface area (Å²) in [5.41, 5.74) is 0.734. The molecule has 5 heteroatoms. The highest BCUT2D eigenvalue weighted by Gasteiger charge is 2.10. The lowest BCUT2D eigenvalue weighted by Crippen LogP contribution is -2.10. The third kappa shape index (κ3) is 4.68. The van der Waals surface area contributed by atoms with Gasteiger partial charge in [0, 0.05) is 17.3 Å². The van der Waals surface area contributed by atoms with Crippen molar-refractivity contribution in [3.63, 3.8) is 0 Å². The summed E-state index contributed by atoms with van der Waals surface area (Å²) < 4.78 is 5.56. The molecule has 0 spiro atoms. The summed E-state index contributed by atoms with van der Waals surface area (Å²) in [6, 6.07) is 14.3. The minimum absolute atomic E-state index is 0.173. The summed E-state index contributed by atoms with van der Waals surface area (Å²) in [6.45, 7) is 1.18. The van der Waals surface area contributed by atoms with Crippen LogP contribution in [0.25, 0.3) is 0 Å². The van der Waals surface area contributed by atoms with Crippen LogP contribution in [0.2, 0.25) is 5.02 Å². The van der Waals surface area contributed by atoms with Gasteiger partial charge in [-0.05, 0) is 36.8 Å². The van der Waals surface area contributed by atoms with E-state index in [0.717, 1.165) is 12.2 Å². The Bertz CT molecular complexity index is 602. The average molecular weight is 306 g/mol. The third-order valence-electron chi connectivity index (χ3n) is 2.86. The molecule has 0 amide bonds. The van der Waals surface area contributed by atoms with Crippen LogP contribution in [0.4, 0.5) is 5.69 Å². The number of carboxylic acids is 1. The van der Waals surface area contributed by atoms with Crippen LogP contribution >= 0.6 is 11.6 Å². The standard InChI is InChI=1S/C16H16ClNO3/c17-12-7-8-15(14(11-12)16(19)20)18-9-4-10-21-13-5-2-1-3-6-13/h1-3,5-8,11,18H,4,9-10H2,(H,19,20). The van der Waals surface area contributed by atoms with E-state index in [4.69, 9.17) is 21.4 Å². The first-order chi connectivity index (χ1) is 10.2. The van der Waals surface area contributed by atoms with Crippen molar-refractivity contribution in [3.8, 4) is 5.75 Å². The molecular formula is C16H16ClNO3. The van der Waals surface area contributed by atoms with Crippen molar-refractivity contribution in [2.24, 2.45) is 0 Å². The van der Waals surface area contributed by atoms with Crippen molar-refractivity contribution >= 4 is 23.3 Å². The molecule has 0 unspecified atom stereocenters. The molecule has 0 aliphatic carbocycles. The predicted molar refractivity (Wildman–Crippen MR) is 83.5 cm³/mol. The highest BCUT2D eigenvalue weighted by Crippen LogP contribution is 2.20. The van der Waals surface area contributed by atoms with E-state index in [0.29, 0.717) is 23.9 Å². The Morgan fingerprint density at radius 3 is 2.67 bits per heavy atom. The highest BCUT2D eigenvalue weighted by atomic mass is 35.5. The molecule has 21 heavy (non-hydrogen) atoms. The maximum atomic E-state index is 11.1. The first kappa shape index (κ1) is 15.2. The topological polar surface area (TPSA) is 58.6 Å². The van der Waals surface area contributed by atoms with Crippen LogP contribution in [0.3, 0.4) is 0 Å². The van der Waals surface area contributed by atoms with Crippen LogP contribution in [0.15, 0.2) is 48.5 Å². The number of hydrogen-bond acceptors (Lipinski definition) is 3. The van der Waals surface area contributed by atoms with Gasteiger partial charge in [-0.25, -0.2) is 4.79 Å². The molecule has 4 nitrogen and oxygen atoms in total. The zero-order chi connectivity index (χ0) is 15.1. The second kappa shape index (κ2) is 7.55. The van der Waals surface area contributed by atoms with Crippen molar-refractivity contribution in [1.29, 1.82) is 0 Å². The maximum Gasteiger partial charge on any atom is 0.337 e. The Kier molecular flexibility index (Phi) is 5.46. The van der Waals surface area contributed by atoms with Gasteiger partial charge in [-0.3, -0.25) is 0 Å². The maximum absolute atomic E-state index is 11.1. The number of hydrogen-bond donors (Lipinski definition) is 2. The lowest BCUT2D eigenvalue weighted by atomic mass is 10.2. The fraction of sp³-hybridized carbons (Fsp3) is 0.188. The number of para-hydroxylation sites is 1. The van der Waals surface area contributed by atoms with Gasteiger partial charge in [-0.1, -0.05) is 29.8 Å². The van der Waals surface area contributed by atoms with Crippen LogP contribution in [0.1, 0.15) is 16.8 Å². The smallest absolute Gasteiger partial charge is 0.337 e. The van der Waals surface area contributed by atoms with E-state index >= 15 is 0 Å². The Morgan fingerprint density at radius 2 is 1.95 bits per heavy atom. The van der Waals surface area contributed by atoms with E-state index in [-0.39, 0.29) is 5.56 Å². The van der Waals surface area contributed by atoms with Gasteiger partial charge in [0.15, 0.2) is 0 Å². The average Bonchev–Trinajstić information content (AvgIpc) is 2.49. The molecule has 0 fully saturated rings. The minimum atomic E-state index is -1.000. The molecule has 110 valence electrons. The molecule has 2 rings (SSSR count). The number of nitrogens with one attached hydrogen (secondary N) is 1. The van der Waals surface area contributed by atoms with E-state index in [1.54, 1.807) is 12.1 Å². The number of benzene rings is 2. The van der Waals surface area contributed by atoms with Gasteiger partial charge in [0.2, 0.25) is 0 Å². The SMILES string of the molecule is O=C(O)c1cc(Cl)ccc1NCCCOc1ccccc1. The van der Waals surface area contributed by atoms with Gasteiger partial charge in [0.25, 0.3) is 0 Å². The molecule has 0 aromatic heterocycles. The van der Waals surface area contributed by atoms with Crippen LogP contribution in [0, 0.1) is 0 Å². The van der Waals surface area contributed by atoms with Gasteiger partial charge in [-0.15, -0.1) is 0 Å². The number of carboxylic acid groups (broad SMARTS) is 1. The number of aromatic carboxylic acids is 1. The van der Waals surface area contributed by atoms with Gasteiger partial charge in [-0.2, -0.15) is 0 Å². The summed E-state index contributed by atoms with van der Waals surface area (Å²) in [6.07, 6.45) is 0.760. The summed E-state index contributed by atoms with van der Waals surface area (Å²) >= 11 is 5.80. The fourth-order valence-corrected chi connectivity index (χ4v) is 2.02. The molecule has 2 N–H and O–H groups in total. The van der Waals surface area contributed by atoms with Crippen LogP contribution in [0.5, 0.6) is 5.75 Å². The Morgan fingerprint density at radius 1 is 1.19 bits per heavy atom. The molecule has 0 saturated heterocycles. The summed E-state index contributed by atoms with van der Waals surface area (Å²) in [5.74, 6) is -0.171. The van der Waals surface area contributed by atoms with E-state index in [9.17, 15) is 4.79 Å². The molecule has 0 atom stereocenters. The minimum Gasteiger partial charge on any atom is -0.494 e. The number of anilines is 1. The van der Waals surface area contributed by atoms with Crippen molar-refractivity contribution in [2.45, 2.75) is 6.42 Å². The van der Waals surface area contributed by atoms with E-state index in [1.807, 2.05) is 30.3 Å². The van der Waals surface area contributed by atoms with E-state index in [2.05, 4.69) is 5.32 Å². The summed E-state index contributed by atoms with van der Waals surface area (Å²) in [5, 5.41) is 12.6. The quantitative estimate of drug-likeness (QED) is 0.761. The lowest BCUT2D eigenvalue weighted by Gasteiger charge is -2.10. The zero-order valence-corrected chi connectivity index (χ0v) is 12.1. The molecule has 0 aliphatic heterocycles. The second-order valence-electron chi connectivity index (χ2n) is 4.44. The van der Waals surface area contributed by atoms with Crippen molar-refractivity contribution in [2.75, 3.05) is 18.5 Å². The lowest BCUT2D eigenvalue weighted by molar-refractivity contribution is 0.0698. The number of carbonyl (C=O) groups is 1. The number of rotatable bonds is 7. The van der Waals surface area contributed by atoms with Crippen molar-refractivity contribution in [1.82, 2.24) is 0 Å². The Balaban J connectivity index is 1.80. The molecular weight excluding hydrogens is 290 g/mol. The van der Waals surface area contributed by atoms with Crippen molar-refractivity contribution in [3.05, 3.63) is 59.1 Å². The first-order valence-corrected chi connectivity index (χ1v) is 6.99. The normalized spacial score (nSPS) is 10.1. The molecule has 2 aromatic rings. The molecule has 0 radical (unpaired) electrons. The van der Waals surface area contributed by atoms with Crippen LogP contribution in [-0.2, 0) is 0 Å². The Hall–Kier alpha value is -2.20. The van der Waals surface area contributed by atoms with Gasteiger partial charge in [0.1, 0.15) is 5.75 Å². The molecule has 0 bridgehead atoms. The number of ether oxygens (including phenoxy) is 1. The summed E-state index contributed by atoms with van der Waals surface area (Å²) in [7, 11) is 0. The zero-order valence-electron chi connectivity index (χ0n) is 11.4. The summed E-state index contributed by atoms with van der Waals surface area (Å²) in [4.78, 5) is 11.1. The molecule has 0 saturated carbocycles.